The van der Waals surface area contributed by atoms with Crippen LogP contribution in [0.5, 0.6) is 0 Å². The Hall–Kier alpha value is -2.14. The van der Waals surface area contributed by atoms with Crippen LogP contribution in [-0.2, 0) is 0 Å². The minimum absolute atomic E-state index is 0.138. The van der Waals surface area contributed by atoms with Gasteiger partial charge in [0.2, 0.25) is 5.58 Å². The van der Waals surface area contributed by atoms with Crippen molar-refractivity contribution in [2.24, 2.45) is 5.92 Å². The Morgan fingerprint density at radius 3 is 2.71 bits per heavy atom. The molecule has 1 aromatic carbocycles. The quantitative estimate of drug-likeness (QED) is 0.796. The number of hydrogen-bond acceptors (Lipinski definition) is 4. The van der Waals surface area contributed by atoms with E-state index in [-0.39, 0.29) is 11.6 Å². The normalized spacial score (nSPS) is 17.3. The third-order valence-electron chi connectivity index (χ3n) is 4.94. The Kier molecular flexibility index (Phi) is 3.68. The van der Waals surface area contributed by atoms with Gasteiger partial charge in [-0.2, -0.15) is 0 Å². The molecule has 1 aliphatic heterocycles. The number of aromatic nitrogens is 2. The van der Waals surface area contributed by atoms with Crippen molar-refractivity contribution in [1.29, 1.82) is 0 Å². The molecule has 5 nitrogen and oxygen atoms in total. The smallest absolute Gasteiger partial charge is 0.294 e. The summed E-state index contributed by atoms with van der Waals surface area (Å²) in [7, 11) is 0. The van der Waals surface area contributed by atoms with Gasteiger partial charge in [0.1, 0.15) is 16.9 Å². The lowest BCUT2D eigenvalue weighted by atomic mass is 10.0. The second-order valence-corrected chi connectivity index (χ2v) is 7.16. The highest BCUT2D eigenvalue weighted by Crippen LogP contribution is 2.31. The zero-order valence-corrected chi connectivity index (χ0v) is 14.4. The Bertz CT molecular complexity index is 948. The molecule has 1 aliphatic rings. The first-order valence-corrected chi connectivity index (χ1v) is 8.71. The highest BCUT2D eigenvalue weighted by Gasteiger charge is 2.29. The SMILES string of the molecule is Cc1ccc2oc3c(=O)[nH]c(C(C(C)C)N4CCCC4)nc3c2c1. The van der Waals surface area contributed by atoms with Gasteiger partial charge in [0.25, 0.3) is 5.56 Å². The molecular formula is C19H23N3O2. The van der Waals surface area contributed by atoms with Crippen LogP contribution >= 0.6 is 0 Å². The van der Waals surface area contributed by atoms with Gasteiger partial charge < -0.3 is 9.40 Å². The molecule has 3 heterocycles. The summed E-state index contributed by atoms with van der Waals surface area (Å²) >= 11 is 0. The number of H-pyrrole nitrogens is 1. The molecule has 1 atom stereocenters. The summed E-state index contributed by atoms with van der Waals surface area (Å²) in [4.78, 5) is 22.8. The lowest BCUT2D eigenvalue weighted by molar-refractivity contribution is 0.184. The molecule has 5 heteroatoms. The summed E-state index contributed by atoms with van der Waals surface area (Å²) < 4.78 is 5.74. The van der Waals surface area contributed by atoms with Crippen LogP contribution in [-0.4, -0.2) is 28.0 Å². The maximum atomic E-state index is 12.6. The molecule has 0 bridgehead atoms. The first kappa shape index (κ1) is 15.4. The molecule has 3 aromatic rings. The van der Waals surface area contributed by atoms with Crippen molar-refractivity contribution in [3.05, 3.63) is 39.9 Å². The van der Waals surface area contributed by atoms with Crippen LogP contribution in [0, 0.1) is 12.8 Å². The summed E-state index contributed by atoms with van der Waals surface area (Å²) in [5.74, 6) is 1.14. The van der Waals surface area contributed by atoms with Crippen molar-refractivity contribution >= 4 is 22.1 Å². The Morgan fingerprint density at radius 2 is 2.00 bits per heavy atom. The van der Waals surface area contributed by atoms with Crippen LogP contribution in [0.2, 0.25) is 0 Å². The summed E-state index contributed by atoms with van der Waals surface area (Å²) in [5, 5.41) is 0.918. The lowest BCUT2D eigenvalue weighted by Crippen LogP contribution is -2.32. The average Bonchev–Trinajstić information content (AvgIpc) is 3.16. The zero-order valence-electron chi connectivity index (χ0n) is 14.4. The number of aryl methyl sites for hydroxylation is 1. The number of fused-ring (bicyclic) bond motifs is 3. The first-order chi connectivity index (χ1) is 11.5. The van der Waals surface area contributed by atoms with E-state index >= 15 is 0 Å². The van der Waals surface area contributed by atoms with Crippen LogP contribution in [0.25, 0.3) is 22.1 Å². The fourth-order valence-electron chi connectivity index (χ4n) is 3.86. The minimum atomic E-state index is -0.186. The molecule has 24 heavy (non-hydrogen) atoms. The Labute approximate surface area is 140 Å². The number of rotatable bonds is 3. The Balaban J connectivity index is 1.93. The molecule has 1 unspecified atom stereocenters. The Morgan fingerprint density at radius 1 is 1.25 bits per heavy atom. The summed E-state index contributed by atoms with van der Waals surface area (Å²) in [5.41, 5.74) is 2.66. The molecule has 0 aliphatic carbocycles. The van der Waals surface area contributed by atoms with Crippen LogP contribution < -0.4 is 5.56 Å². The molecule has 4 rings (SSSR count). The summed E-state index contributed by atoms with van der Waals surface area (Å²) in [6, 6.07) is 6.07. The molecule has 0 radical (unpaired) electrons. The van der Waals surface area contributed by atoms with Gasteiger partial charge >= 0.3 is 0 Å². The highest BCUT2D eigenvalue weighted by molar-refractivity contribution is 6.02. The standard InChI is InChI=1S/C19H23N3O2/c1-11(2)16(22-8-4-5-9-22)18-20-15-13-10-12(3)6-7-14(13)24-17(15)19(23)21-18/h6-7,10-11,16H,4-5,8-9H2,1-3H3,(H,20,21,23). The van der Waals surface area contributed by atoms with Gasteiger partial charge in [0.15, 0.2) is 0 Å². The maximum absolute atomic E-state index is 12.6. The van der Waals surface area contributed by atoms with Gasteiger partial charge in [-0.3, -0.25) is 9.69 Å². The lowest BCUT2D eigenvalue weighted by Gasteiger charge is -2.29. The van der Waals surface area contributed by atoms with Crippen molar-refractivity contribution in [2.45, 2.75) is 39.7 Å². The largest absolute Gasteiger partial charge is 0.449 e. The predicted molar refractivity (Wildman–Crippen MR) is 95.3 cm³/mol. The molecular weight excluding hydrogens is 302 g/mol. The molecule has 0 amide bonds. The fraction of sp³-hybridized carbons (Fsp3) is 0.474. The van der Waals surface area contributed by atoms with Crippen molar-refractivity contribution in [3.63, 3.8) is 0 Å². The van der Waals surface area contributed by atoms with Crippen molar-refractivity contribution in [2.75, 3.05) is 13.1 Å². The fourth-order valence-corrected chi connectivity index (χ4v) is 3.86. The van der Waals surface area contributed by atoms with Crippen LogP contribution in [0.4, 0.5) is 0 Å². The number of nitrogens with one attached hydrogen (secondary N) is 1. The highest BCUT2D eigenvalue weighted by atomic mass is 16.3. The van der Waals surface area contributed by atoms with E-state index in [1.807, 2.05) is 25.1 Å². The average molecular weight is 325 g/mol. The van der Waals surface area contributed by atoms with Gasteiger partial charge in [-0.05, 0) is 50.9 Å². The van der Waals surface area contributed by atoms with Gasteiger partial charge in [-0.1, -0.05) is 25.5 Å². The molecule has 0 saturated carbocycles. The van der Waals surface area contributed by atoms with Crippen molar-refractivity contribution in [3.8, 4) is 0 Å². The molecule has 1 fully saturated rings. The van der Waals surface area contributed by atoms with E-state index in [1.54, 1.807) is 0 Å². The van der Waals surface area contributed by atoms with Crippen LogP contribution in [0.15, 0.2) is 27.4 Å². The van der Waals surface area contributed by atoms with Crippen molar-refractivity contribution < 1.29 is 4.42 Å². The third-order valence-corrected chi connectivity index (χ3v) is 4.94. The number of benzene rings is 1. The first-order valence-electron chi connectivity index (χ1n) is 8.71. The van der Waals surface area contributed by atoms with Gasteiger partial charge in [0, 0.05) is 5.39 Å². The zero-order chi connectivity index (χ0) is 16.8. The number of nitrogens with zero attached hydrogens (tertiary/aromatic N) is 2. The van der Waals surface area contributed by atoms with Crippen LogP contribution in [0.3, 0.4) is 0 Å². The third kappa shape index (κ3) is 2.44. The molecule has 2 aromatic heterocycles. The van der Waals surface area contributed by atoms with Crippen LogP contribution in [0.1, 0.15) is 44.1 Å². The van der Waals surface area contributed by atoms with Gasteiger partial charge in [0.05, 0.1) is 6.04 Å². The van der Waals surface area contributed by atoms with E-state index in [1.165, 1.54) is 12.8 Å². The van der Waals surface area contributed by atoms with Gasteiger partial charge in [-0.25, -0.2) is 4.98 Å². The summed E-state index contributed by atoms with van der Waals surface area (Å²) in [6.45, 7) is 8.54. The van der Waals surface area contributed by atoms with E-state index in [4.69, 9.17) is 9.40 Å². The van der Waals surface area contributed by atoms with E-state index in [9.17, 15) is 4.79 Å². The number of hydrogen-bond donors (Lipinski definition) is 1. The monoisotopic (exact) mass is 325 g/mol. The van der Waals surface area contributed by atoms with E-state index < -0.39 is 0 Å². The molecule has 1 saturated heterocycles. The van der Waals surface area contributed by atoms with E-state index in [0.717, 1.165) is 29.9 Å². The minimum Gasteiger partial charge on any atom is -0.449 e. The van der Waals surface area contributed by atoms with Gasteiger partial charge in [-0.15, -0.1) is 0 Å². The molecule has 1 N–H and O–H groups in total. The second-order valence-electron chi connectivity index (χ2n) is 7.16. The second kappa shape index (κ2) is 5.74. The number of aromatic amines is 1. The van der Waals surface area contributed by atoms with E-state index in [2.05, 4.69) is 23.7 Å². The number of likely N-dealkylation sites (tertiary alicyclic amines) is 1. The topological polar surface area (TPSA) is 62.1 Å². The maximum Gasteiger partial charge on any atom is 0.294 e. The summed E-state index contributed by atoms with van der Waals surface area (Å²) in [6.07, 6.45) is 2.42. The molecule has 0 spiro atoms. The predicted octanol–water partition coefficient (Wildman–Crippen LogP) is 3.77. The van der Waals surface area contributed by atoms with E-state index in [0.29, 0.717) is 22.6 Å². The molecule has 126 valence electrons. The number of furan rings is 1. The van der Waals surface area contributed by atoms with Crippen molar-refractivity contribution in [1.82, 2.24) is 14.9 Å².